The fraction of sp³-hybridized carbons (Fsp3) is 0.200. The van der Waals surface area contributed by atoms with Crippen molar-refractivity contribution in [1.29, 1.82) is 0 Å². The van der Waals surface area contributed by atoms with Crippen LogP contribution in [-0.2, 0) is 0 Å². The second-order valence-corrected chi connectivity index (χ2v) is 4.29. The van der Waals surface area contributed by atoms with Gasteiger partial charge in [-0.05, 0) is 48.4 Å². The van der Waals surface area contributed by atoms with E-state index in [-0.39, 0.29) is 5.82 Å². The normalized spacial score (nSPS) is 12.3. The number of aliphatic hydroxyl groups excluding tert-OH is 1. The first-order chi connectivity index (χ1) is 9.02. The molecule has 0 spiro atoms. The highest BCUT2D eigenvalue weighted by atomic mass is 19.1. The Morgan fingerprint density at radius 2 is 1.63 bits per heavy atom. The Morgan fingerprint density at radius 1 is 1.00 bits per heavy atom. The molecular formula is C15H14F2O2. The van der Waals surface area contributed by atoms with Gasteiger partial charge < -0.3 is 9.84 Å². The lowest BCUT2D eigenvalue weighted by molar-refractivity contribution is 0.213. The van der Waals surface area contributed by atoms with E-state index in [9.17, 15) is 13.9 Å². The van der Waals surface area contributed by atoms with Gasteiger partial charge in [0.2, 0.25) is 0 Å². The zero-order chi connectivity index (χ0) is 14.0. The fourth-order valence-corrected chi connectivity index (χ4v) is 2.03. The lowest BCUT2D eigenvalue weighted by Crippen LogP contribution is -2.05. The van der Waals surface area contributed by atoms with Crippen LogP contribution in [0.25, 0.3) is 0 Å². The first-order valence-corrected chi connectivity index (χ1v) is 5.80. The van der Waals surface area contributed by atoms with Gasteiger partial charge in [-0.15, -0.1) is 0 Å². The monoisotopic (exact) mass is 264 g/mol. The number of halogens is 2. The van der Waals surface area contributed by atoms with Crippen molar-refractivity contribution in [3.8, 4) is 5.75 Å². The third-order valence-electron chi connectivity index (χ3n) is 3.01. The minimum Gasteiger partial charge on any atom is -0.496 e. The van der Waals surface area contributed by atoms with Crippen molar-refractivity contribution in [2.45, 2.75) is 13.0 Å². The number of rotatable bonds is 3. The maximum Gasteiger partial charge on any atom is 0.125 e. The maximum atomic E-state index is 13.3. The standard InChI is InChI=1S/C15H14F2O2/c1-9-7-10(16)3-5-12(9)15(18)13-8-11(17)4-6-14(13)19-2/h3-8,15,18H,1-2H3. The van der Waals surface area contributed by atoms with Crippen LogP contribution in [0.2, 0.25) is 0 Å². The number of hydrogen-bond donors (Lipinski definition) is 1. The summed E-state index contributed by atoms with van der Waals surface area (Å²) in [6.45, 7) is 1.69. The predicted octanol–water partition coefficient (Wildman–Crippen LogP) is 3.36. The number of aryl methyl sites for hydroxylation is 1. The Balaban J connectivity index is 2.49. The lowest BCUT2D eigenvalue weighted by Gasteiger charge is -2.17. The van der Waals surface area contributed by atoms with Gasteiger partial charge in [0.25, 0.3) is 0 Å². The topological polar surface area (TPSA) is 29.5 Å². The van der Waals surface area contributed by atoms with Crippen LogP contribution >= 0.6 is 0 Å². The molecule has 1 unspecified atom stereocenters. The van der Waals surface area contributed by atoms with Crippen molar-refractivity contribution in [3.63, 3.8) is 0 Å². The molecule has 2 aromatic rings. The van der Waals surface area contributed by atoms with Gasteiger partial charge >= 0.3 is 0 Å². The third-order valence-corrected chi connectivity index (χ3v) is 3.01. The van der Waals surface area contributed by atoms with Crippen molar-refractivity contribution in [2.75, 3.05) is 7.11 Å². The largest absolute Gasteiger partial charge is 0.496 e. The summed E-state index contributed by atoms with van der Waals surface area (Å²) >= 11 is 0. The van der Waals surface area contributed by atoms with Gasteiger partial charge in [0.05, 0.1) is 7.11 Å². The van der Waals surface area contributed by atoms with Gasteiger partial charge in [-0.2, -0.15) is 0 Å². The molecule has 0 bridgehead atoms. The van der Waals surface area contributed by atoms with Gasteiger partial charge in [0, 0.05) is 5.56 Å². The molecule has 0 aromatic heterocycles. The average Bonchev–Trinajstić information content (AvgIpc) is 2.38. The summed E-state index contributed by atoms with van der Waals surface area (Å²) in [7, 11) is 1.45. The van der Waals surface area contributed by atoms with E-state index >= 15 is 0 Å². The van der Waals surface area contributed by atoms with Crippen LogP contribution in [0.4, 0.5) is 8.78 Å². The molecule has 2 nitrogen and oxygen atoms in total. The highest BCUT2D eigenvalue weighted by Gasteiger charge is 2.18. The van der Waals surface area contributed by atoms with E-state index in [0.29, 0.717) is 22.4 Å². The molecule has 1 atom stereocenters. The molecule has 4 heteroatoms. The molecule has 0 aliphatic heterocycles. The van der Waals surface area contributed by atoms with E-state index in [1.165, 1.54) is 43.5 Å². The zero-order valence-electron chi connectivity index (χ0n) is 10.7. The summed E-state index contributed by atoms with van der Waals surface area (Å²) in [5, 5.41) is 10.3. The van der Waals surface area contributed by atoms with Crippen LogP contribution in [0.1, 0.15) is 22.8 Å². The fourth-order valence-electron chi connectivity index (χ4n) is 2.03. The van der Waals surface area contributed by atoms with Crippen LogP contribution in [0.5, 0.6) is 5.75 Å². The smallest absolute Gasteiger partial charge is 0.125 e. The van der Waals surface area contributed by atoms with Crippen molar-refractivity contribution < 1.29 is 18.6 Å². The van der Waals surface area contributed by atoms with Crippen molar-refractivity contribution >= 4 is 0 Å². The van der Waals surface area contributed by atoms with Crippen LogP contribution in [0.3, 0.4) is 0 Å². The molecule has 0 aliphatic carbocycles. The van der Waals surface area contributed by atoms with E-state index in [4.69, 9.17) is 4.74 Å². The Labute approximate surface area is 110 Å². The van der Waals surface area contributed by atoms with Crippen LogP contribution in [0.15, 0.2) is 36.4 Å². The van der Waals surface area contributed by atoms with E-state index in [0.717, 1.165) is 0 Å². The zero-order valence-corrected chi connectivity index (χ0v) is 10.7. The van der Waals surface area contributed by atoms with Gasteiger partial charge in [0.15, 0.2) is 0 Å². The number of hydrogen-bond acceptors (Lipinski definition) is 2. The van der Waals surface area contributed by atoms with Crippen LogP contribution in [0, 0.1) is 18.6 Å². The van der Waals surface area contributed by atoms with E-state index < -0.39 is 11.9 Å². The minimum atomic E-state index is -1.06. The Bertz CT molecular complexity index is 597. The lowest BCUT2D eigenvalue weighted by atomic mass is 9.96. The molecule has 100 valence electrons. The summed E-state index contributed by atoms with van der Waals surface area (Å²) < 4.78 is 31.5. The molecule has 2 aromatic carbocycles. The van der Waals surface area contributed by atoms with E-state index in [1.54, 1.807) is 6.92 Å². The van der Waals surface area contributed by atoms with Crippen molar-refractivity contribution in [1.82, 2.24) is 0 Å². The van der Waals surface area contributed by atoms with Gasteiger partial charge in [-0.1, -0.05) is 6.07 Å². The highest BCUT2D eigenvalue weighted by Crippen LogP contribution is 2.32. The SMILES string of the molecule is COc1ccc(F)cc1C(O)c1ccc(F)cc1C. The predicted molar refractivity (Wildman–Crippen MR) is 68.2 cm³/mol. The van der Waals surface area contributed by atoms with E-state index in [2.05, 4.69) is 0 Å². The van der Waals surface area contributed by atoms with Crippen LogP contribution in [-0.4, -0.2) is 12.2 Å². The molecule has 0 aliphatic rings. The first-order valence-electron chi connectivity index (χ1n) is 5.80. The minimum absolute atomic E-state index is 0.317. The second kappa shape index (κ2) is 5.36. The molecular weight excluding hydrogens is 250 g/mol. The van der Waals surface area contributed by atoms with Gasteiger partial charge in [-0.3, -0.25) is 0 Å². The first kappa shape index (κ1) is 13.5. The molecule has 0 saturated heterocycles. The average molecular weight is 264 g/mol. The number of aliphatic hydroxyl groups is 1. The molecule has 0 fully saturated rings. The van der Waals surface area contributed by atoms with Gasteiger partial charge in [0.1, 0.15) is 23.5 Å². The summed E-state index contributed by atoms with van der Waals surface area (Å²) in [5.41, 5.74) is 1.43. The Hall–Kier alpha value is -1.94. The summed E-state index contributed by atoms with van der Waals surface area (Å²) in [4.78, 5) is 0. The molecule has 0 amide bonds. The van der Waals surface area contributed by atoms with Crippen molar-refractivity contribution in [3.05, 3.63) is 64.7 Å². The van der Waals surface area contributed by atoms with Crippen LogP contribution < -0.4 is 4.74 Å². The highest BCUT2D eigenvalue weighted by molar-refractivity contribution is 5.42. The molecule has 0 radical (unpaired) electrons. The summed E-state index contributed by atoms with van der Waals surface area (Å²) in [6.07, 6.45) is -1.06. The molecule has 19 heavy (non-hydrogen) atoms. The molecule has 0 heterocycles. The Morgan fingerprint density at radius 3 is 2.26 bits per heavy atom. The summed E-state index contributed by atoms with van der Waals surface area (Å²) in [5.74, 6) is -0.452. The Kier molecular flexibility index (Phi) is 3.81. The summed E-state index contributed by atoms with van der Waals surface area (Å²) in [6, 6.07) is 7.99. The molecule has 1 N–H and O–H groups in total. The van der Waals surface area contributed by atoms with Gasteiger partial charge in [-0.25, -0.2) is 8.78 Å². The van der Waals surface area contributed by atoms with Crippen molar-refractivity contribution in [2.24, 2.45) is 0 Å². The number of benzene rings is 2. The maximum absolute atomic E-state index is 13.3. The number of methoxy groups -OCH3 is 1. The third kappa shape index (κ3) is 2.74. The molecule has 0 saturated carbocycles. The molecule has 2 rings (SSSR count). The quantitative estimate of drug-likeness (QED) is 0.921. The second-order valence-electron chi connectivity index (χ2n) is 4.29. The number of ether oxygens (including phenoxy) is 1. The van der Waals surface area contributed by atoms with E-state index in [1.807, 2.05) is 0 Å².